The van der Waals surface area contributed by atoms with E-state index in [-0.39, 0.29) is 6.54 Å². The average Bonchev–Trinajstić information content (AvgIpc) is 2.24. The number of ether oxygens (including phenoxy) is 2. The third-order valence-corrected chi connectivity index (χ3v) is 2.03. The first-order chi connectivity index (χ1) is 8.58. The van der Waals surface area contributed by atoms with Gasteiger partial charge in [-0.3, -0.25) is 4.90 Å². The van der Waals surface area contributed by atoms with E-state index in [9.17, 15) is 14.7 Å². The van der Waals surface area contributed by atoms with Crippen molar-refractivity contribution in [2.45, 2.75) is 46.4 Å². The Labute approximate surface area is 114 Å². The number of hydrogen-bond donors (Lipinski definition) is 1. The third-order valence-electron chi connectivity index (χ3n) is 2.03. The van der Waals surface area contributed by atoms with Crippen molar-refractivity contribution in [3.05, 3.63) is 11.6 Å². The summed E-state index contributed by atoms with van der Waals surface area (Å²) in [6.07, 6.45) is -0.755. The fourth-order valence-corrected chi connectivity index (χ4v) is 1.11. The monoisotopic (exact) mass is 273 g/mol. The van der Waals surface area contributed by atoms with Gasteiger partial charge in [0.1, 0.15) is 5.60 Å². The number of aliphatic hydroxyl groups is 1. The Bertz CT molecular complexity index is 353. The quantitative estimate of drug-likeness (QED) is 0.479. The van der Waals surface area contributed by atoms with Crippen LogP contribution in [0.3, 0.4) is 0 Å². The van der Waals surface area contributed by atoms with Crippen molar-refractivity contribution in [1.82, 2.24) is 4.90 Å². The van der Waals surface area contributed by atoms with E-state index in [0.717, 1.165) is 17.6 Å². The first-order valence-corrected chi connectivity index (χ1v) is 5.97. The molecule has 1 N–H and O–H groups in total. The van der Waals surface area contributed by atoms with Crippen molar-refractivity contribution in [3.8, 4) is 0 Å². The van der Waals surface area contributed by atoms with Gasteiger partial charge in [0.2, 0.25) is 6.23 Å². The molecule has 0 rings (SSSR count). The molecule has 0 aliphatic rings. The van der Waals surface area contributed by atoms with E-state index in [4.69, 9.17) is 4.74 Å². The number of carbonyl (C=O) groups excluding carboxylic acids is 2. The lowest BCUT2D eigenvalue weighted by Gasteiger charge is -2.28. The number of nitrogens with zero attached hydrogens (tertiary/aromatic N) is 1. The molecule has 0 saturated heterocycles. The number of methoxy groups -OCH3 is 1. The lowest BCUT2D eigenvalue weighted by atomic mass is 10.2. The summed E-state index contributed by atoms with van der Waals surface area (Å²) in [5.41, 5.74) is 0.237. The van der Waals surface area contributed by atoms with Crippen LogP contribution in [-0.4, -0.2) is 47.6 Å². The minimum absolute atomic E-state index is 0.0630. The molecule has 6 nitrogen and oxygen atoms in total. The van der Waals surface area contributed by atoms with Gasteiger partial charge in [-0.2, -0.15) is 0 Å². The van der Waals surface area contributed by atoms with E-state index in [1.807, 2.05) is 13.8 Å². The van der Waals surface area contributed by atoms with Gasteiger partial charge in [0.25, 0.3) is 0 Å². The van der Waals surface area contributed by atoms with Crippen molar-refractivity contribution in [3.63, 3.8) is 0 Å². The Hall–Kier alpha value is -1.56. The lowest BCUT2D eigenvalue weighted by Crippen LogP contribution is -2.47. The summed E-state index contributed by atoms with van der Waals surface area (Å²) in [4.78, 5) is 24.2. The molecule has 6 heteroatoms. The van der Waals surface area contributed by atoms with E-state index < -0.39 is 23.9 Å². The van der Waals surface area contributed by atoms with Crippen LogP contribution in [0.15, 0.2) is 11.6 Å². The van der Waals surface area contributed by atoms with Gasteiger partial charge in [0.15, 0.2) is 0 Å². The Morgan fingerprint density at radius 3 is 2.21 bits per heavy atom. The van der Waals surface area contributed by atoms with Gasteiger partial charge in [-0.15, -0.1) is 0 Å². The molecule has 0 aromatic rings. The van der Waals surface area contributed by atoms with Crippen LogP contribution in [0.5, 0.6) is 0 Å². The number of esters is 1. The SMILES string of the molecule is COC(=O)C(O)N(CC=C(C)C)C(=O)OC(C)(C)C. The van der Waals surface area contributed by atoms with Crippen molar-refractivity contribution < 1.29 is 24.2 Å². The highest BCUT2D eigenvalue weighted by Crippen LogP contribution is 2.12. The third kappa shape index (κ3) is 6.81. The van der Waals surface area contributed by atoms with Crippen LogP contribution in [0, 0.1) is 0 Å². The summed E-state index contributed by atoms with van der Waals surface area (Å²) in [5, 5.41) is 9.78. The summed E-state index contributed by atoms with van der Waals surface area (Å²) in [7, 11) is 1.14. The van der Waals surface area contributed by atoms with Crippen molar-refractivity contribution in [1.29, 1.82) is 0 Å². The molecule has 0 radical (unpaired) electrons. The molecule has 0 saturated carbocycles. The van der Waals surface area contributed by atoms with Gasteiger partial charge < -0.3 is 14.6 Å². The molecule has 0 aliphatic carbocycles. The summed E-state index contributed by atoms with van der Waals surface area (Å²) in [6.45, 7) is 8.86. The van der Waals surface area contributed by atoms with Gasteiger partial charge >= 0.3 is 12.1 Å². The van der Waals surface area contributed by atoms with Crippen LogP contribution in [0.25, 0.3) is 0 Å². The number of allylic oxidation sites excluding steroid dienone is 1. The minimum Gasteiger partial charge on any atom is -0.466 e. The van der Waals surface area contributed by atoms with Crippen LogP contribution >= 0.6 is 0 Å². The maximum absolute atomic E-state index is 11.9. The number of hydrogen-bond acceptors (Lipinski definition) is 5. The second kappa shape index (κ2) is 7.13. The molecule has 0 aromatic heterocycles. The van der Waals surface area contributed by atoms with Crippen LogP contribution < -0.4 is 0 Å². The molecular weight excluding hydrogens is 250 g/mol. The molecule has 0 bridgehead atoms. The van der Waals surface area contributed by atoms with Gasteiger partial charge in [-0.25, -0.2) is 9.59 Å². The molecule has 0 fully saturated rings. The van der Waals surface area contributed by atoms with Crippen LogP contribution in [0.2, 0.25) is 0 Å². The molecule has 1 amide bonds. The van der Waals surface area contributed by atoms with Crippen LogP contribution in [0.1, 0.15) is 34.6 Å². The molecule has 0 spiro atoms. The standard InChI is InChI=1S/C13H23NO5/c1-9(2)7-8-14(10(15)11(16)18-6)12(17)19-13(3,4)5/h7,10,15H,8H2,1-6H3. The Kier molecular flexibility index (Phi) is 6.55. The number of rotatable bonds is 4. The smallest absolute Gasteiger partial charge is 0.413 e. The Balaban J connectivity index is 5.00. The molecule has 0 heterocycles. The van der Waals surface area contributed by atoms with E-state index in [1.54, 1.807) is 26.8 Å². The number of amides is 1. The van der Waals surface area contributed by atoms with Crippen LogP contribution in [0.4, 0.5) is 4.79 Å². The molecule has 19 heavy (non-hydrogen) atoms. The summed E-state index contributed by atoms with van der Waals surface area (Å²) < 4.78 is 9.56. The van der Waals surface area contributed by atoms with E-state index in [0.29, 0.717) is 0 Å². The fraction of sp³-hybridized carbons (Fsp3) is 0.692. The highest BCUT2D eigenvalue weighted by molar-refractivity contribution is 5.80. The zero-order valence-corrected chi connectivity index (χ0v) is 12.4. The fourth-order valence-electron chi connectivity index (χ4n) is 1.11. The van der Waals surface area contributed by atoms with Gasteiger partial charge in [0, 0.05) is 6.54 Å². The normalized spacial score (nSPS) is 12.4. The highest BCUT2D eigenvalue weighted by atomic mass is 16.6. The van der Waals surface area contributed by atoms with Crippen molar-refractivity contribution >= 4 is 12.1 Å². The Morgan fingerprint density at radius 1 is 1.32 bits per heavy atom. The maximum Gasteiger partial charge on any atom is 0.413 e. The van der Waals surface area contributed by atoms with E-state index in [2.05, 4.69) is 4.74 Å². The predicted octanol–water partition coefficient (Wildman–Crippen LogP) is 1.68. The molecular formula is C13H23NO5. The zero-order valence-electron chi connectivity index (χ0n) is 12.4. The van der Waals surface area contributed by atoms with Crippen molar-refractivity contribution in [2.75, 3.05) is 13.7 Å². The molecule has 1 atom stereocenters. The van der Waals surface area contributed by atoms with E-state index >= 15 is 0 Å². The summed E-state index contributed by atoms with van der Waals surface area (Å²) in [6, 6.07) is 0. The van der Waals surface area contributed by atoms with Gasteiger partial charge in [-0.05, 0) is 34.6 Å². The molecule has 110 valence electrons. The first-order valence-electron chi connectivity index (χ1n) is 5.97. The largest absolute Gasteiger partial charge is 0.466 e. The second-order valence-corrected chi connectivity index (χ2v) is 5.31. The first kappa shape index (κ1) is 17.4. The number of aliphatic hydroxyl groups excluding tert-OH is 1. The minimum atomic E-state index is -1.68. The maximum atomic E-state index is 11.9. The van der Waals surface area contributed by atoms with E-state index in [1.165, 1.54) is 0 Å². The van der Waals surface area contributed by atoms with Crippen molar-refractivity contribution in [2.24, 2.45) is 0 Å². The summed E-state index contributed by atoms with van der Waals surface area (Å²) >= 11 is 0. The average molecular weight is 273 g/mol. The topological polar surface area (TPSA) is 76.1 Å². The summed E-state index contributed by atoms with van der Waals surface area (Å²) in [5.74, 6) is -0.909. The molecule has 0 aliphatic heterocycles. The van der Waals surface area contributed by atoms with Gasteiger partial charge in [-0.1, -0.05) is 11.6 Å². The molecule has 1 unspecified atom stereocenters. The lowest BCUT2D eigenvalue weighted by molar-refractivity contribution is -0.160. The predicted molar refractivity (Wildman–Crippen MR) is 70.4 cm³/mol. The van der Waals surface area contributed by atoms with Gasteiger partial charge in [0.05, 0.1) is 7.11 Å². The number of carbonyl (C=O) groups is 2. The second-order valence-electron chi connectivity index (χ2n) is 5.31. The van der Waals surface area contributed by atoms with Crippen LogP contribution in [-0.2, 0) is 14.3 Å². The Morgan fingerprint density at radius 2 is 1.84 bits per heavy atom. The molecule has 0 aromatic carbocycles. The highest BCUT2D eigenvalue weighted by Gasteiger charge is 2.31. The zero-order chi connectivity index (χ0) is 15.2.